The Hall–Kier alpha value is -7.11. The van der Waals surface area contributed by atoms with Gasteiger partial charge in [-0.15, -0.1) is 6.42 Å². The Labute approximate surface area is 250 Å². The topological polar surface area (TPSA) is 119 Å². The molecule has 0 aromatic heterocycles. The number of esters is 2. The lowest BCUT2D eigenvalue weighted by molar-refractivity contribution is -0.153. The molecular formula is C34H11O8P. The maximum Gasteiger partial charge on any atom is 0.469 e. The molecule has 0 amide bonds. The predicted molar refractivity (Wildman–Crippen MR) is 154 cm³/mol. The van der Waals surface area contributed by atoms with E-state index in [1.807, 2.05) is 11.8 Å². The summed E-state index contributed by atoms with van der Waals surface area (Å²) in [5.74, 6) is 60.5. The lowest BCUT2D eigenvalue weighted by atomic mass is 10.4. The summed E-state index contributed by atoms with van der Waals surface area (Å²) in [6, 6.07) is 0. The average molecular weight is 578 g/mol. The molecular weight excluding hydrogens is 567 g/mol. The average Bonchev–Trinajstić information content (AvgIpc) is 2.97. The molecule has 0 aliphatic heterocycles. The van der Waals surface area contributed by atoms with E-state index in [2.05, 4.69) is 153 Å². The van der Waals surface area contributed by atoms with Crippen molar-refractivity contribution >= 4 is 19.8 Å². The summed E-state index contributed by atoms with van der Waals surface area (Å²) >= 11 is 0. The standard InChI is InChI=1S/C34H11O8P/c1-3-5-7-9-11-13-15-17-19-21-23-25-27-29-34(36)42-32(31-41-43(37,38)39)30-40-33(35)28-26-24-22-20-18-16-14-12-10-8-6-4-2/h2,32H,30-31H2,1H3,(H2,37,38,39)/t32-/m0/s1. The van der Waals surface area contributed by atoms with Crippen molar-refractivity contribution in [2.24, 2.45) is 0 Å². The summed E-state index contributed by atoms with van der Waals surface area (Å²) < 4.78 is 24.9. The molecule has 0 heterocycles. The summed E-state index contributed by atoms with van der Waals surface area (Å²) in [4.78, 5) is 41.4. The van der Waals surface area contributed by atoms with Crippen LogP contribution in [0.2, 0.25) is 0 Å². The smallest absolute Gasteiger partial charge is 0.452 e. The van der Waals surface area contributed by atoms with Gasteiger partial charge in [0.1, 0.15) is 6.61 Å². The molecule has 0 radical (unpaired) electrons. The van der Waals surface area contributed by atoms with Gasteiger partial charge in [0.15, 0.2) is 6.10 Å². The zero-order valence-corrected chi connectivity index (χ0v) is 22.8. The van der Waals surface area contributed by atoms with Crippen LogP contribution in [0, 0.1) is 166 Å². The van der Waals surface area contributed by atoms with Crippen molar-refractivity contribution in [1.29, 1.82) is 0 Å². The second-order valence-corrected chi connectivity index (χ2v) is 7.17. The first-order valence-corrected chi connectivity index (χ1v) is 12.3. The van der Waals surface area contributed by atoms with Crippen LogP contribution in [0.3, 0.4) is 0 Å². The highest BCUT2D eigenvalue weighted by Gasteiger charge is 2.22. The van der Waals surface area contributed by atoms with E-state index in [1.165, 1.54) is 0 Å². The zero-order chi connectivity index (χ0) is 31.9. The number of terminal acetylenes is 1. The highest BCUT2D eigenvalue weighted by Crippen LogP contribution is 2.35. The Morgan fingerprint density at radius 1 is 0.605 bits per heavy atom. The van der Waals surface area contributed by atoms with Crippen molar-refractivity contribution in [2.75, 3.05) is 13.2 Å². The molecule has 0 aliphatic rings. The monoisotopic (exact) mass is 578 g/mol. The molecule has 0 aromatic carbocycles. The normalized spacial score (nSPS) is 7.30. The molecule has 43 heavy (non-hydrogen) atoms. The Balaban J connectivity index is 5.04. The summed E-state index contributed by atoms with van der Waals surface area (Å²) in [5.41, 5.74) is 0. The third kappa shape index (κ3) is 27.7. The number of phosphoric ester groups is 1. The van der Waals surface area contributed by atoms with Gasteiger partial charge in [-0.1, -0.05) is 5.92 Å². The van der Waals surface area contributed by atoms with Gasteiger partial charge < -0.3 is 19.3 Å². The van der Waals surface area contributed by atoms with Crippen molar-refractivity contribution in [3.8, 4) is 166 Å². The minimum absolute atomic E-state index is 0.674. The summed E-state index contributed by atoms with van der Waals surface area (Å²) in [5, 5.41) is 0. The maximum absolute atomic E-state index is 11.9. The zero-order valence-electron chi connectivity index (χ0n) is 21.9. The van der Waals surface area contributed by atoms with E-state index in [4.69, 9.17) is 25.7 Å². The molecule has 0 bridgehead atoms. The minimum atomic E-state index is -4.93. The van der Waals surface area contributed by atoms with Crippen LogP contribution in [0.15, 0.2) is 0 Å². The Bertz CT molecular complexity index is 2040. The summed E-state index contributed by atoms with van der Waals surface area (Å²) in [7, 11) is -4.93. The van der Waals surface area contributed by atoms with Gasteiger partial charge in [0, 0.05) is 11.8 Å². The van der Waals surface area contributed by atoms with E-state index in [0.717, 1.165) is 0 Å². The fourth-order valence-electron chi connectivity index (χ4n) is 1.54. The van der Waals surface area contributed by atoms with Gasteiger partial charge in [-0.2, -0.15) is 0 Å². The van der Waals surface area contributed by atoms with Crippen LogP contribution in [-0.2, 0) is 28.2 Å². The lowest BCUT2D eigenvalue weighted by Gasteiger charge is -2.16. The molecule has 0 saturated heterocycles. The van der Waals surface area contributed by atoms with Gasteiger partial charge in [0.2, 0.25) is 0 Å². The molecule has 0 aliphatic carbocycles. The molecule has 0 rings (SSSR count). The SMILES string of the molecule is C#CC#CC#CC#CC#CC#CC#CC(=O)OC[C@@H](COP(=O)(O)O)OC(=O)C#CC#CC#CC#CC#CC#CC#CC. The molecule has 0 aromatic rings. The van der Waals surface area contributed by atoms with E-state index in [1.54, 1.807) is 6.92 Å². The van der Waals surface area contributed by atoms with Gasteiger partial charge in [-0.05, 0) is 149 Å². The third-order valence-corrected chi connectivity index (χ3v) is 3.43. The highest BCUT2D eigenvalue weighted by atomic mass is 31.2. The second kappa shape index (κ2) is 25.2. The van der Waals surface area contributed by atoms with E-state index in [9.17, 15) is 14.2 Å². The number of hydrogen-bond donors (Lipinski definition) is 2. The van der Waals surface area contributed by atoms with Crippen LogP contribution in [-0.4, -0.2) is 41.0 Å². The Morgan fingerprint density at radius 2 is 0.977 bits per heavy atom. The van der Waals surface area contributed by atoms with Crippen LogP contribution in [0.5, 0.6) is 0 Å². The molecule has 8 nitrogen and oxygen atoms in total. The predicted octanol–water partition coefficient (Wildman–Crippen LogP) is -0.752. The molecule has 2 N–H and O–H groups in total. The van der Waals surface area contributed by atoms with Crippen LogP contribution in [0.4, 0.5) is 0 Å². The number of ether oxygens (including phenoxy) is 2. The quantitative estimate of drug-likeness (QED) is 0.183. The van der Waals surface area contributed by atoms with Crippen LogP contribution in [0.1, 0.15) is 6.92 Å². The number of hydrogen-bond acceptors (Lipinski definition) is 6. The first-order chi connectivity index (χ1) is 20.8. The van der Waals surface area contributed by atoms with Crippen molar-refractivity contribution in [1.82, 2.24) is 0 Å². The minimum Gasteiger partial charge on any atom is -0.452 e. The molecule has 0 fully saturated rings. The summed E-state index contributed by atoms with van der Waals surface area (Å²) in [6.45, 7) is 0.141. The van der Waals surface area contributed by atoms with Gasteiger partial charge in [-0.3, -0.25) is 4.52 Å². The van der Waals surface area contributed by atoms with Gasteiger partial charge in [-0.25, -0.2) is 14.2 Å². The maximum atomic E-state index is 11.9. The van der Waals surface area contributed by atoms with E-state index in [0.29, 0.717) is 0 Å². The van der Waals surface area contributed by atoms with Gasteiger partial charge in [0.25, 0.3) is 0 Å². The largest absolute Gasteiger partial charge is 0.469 e. The highest BCUT2D eigenvalue weighted by molar-refractivity contribution is 7.46. The second-order valence-electron chi connectivity index (χ2n) is 5.93. The van der Waals surface area contributed by atoms with Crippen molar-refractivity contribution in [3.05, 3.63) is 0 Å². The van der Waals surface area contributed by atoms with Crippen LogP contribution in [0.25, 0.3) is 0 Å². The van der Waals surface area contributed by atoms with Crippen molar-refractivity contribution in [2.45, 2.75) is 13.0 Å². The third-order valence-electron chi connectivity index (χ3n) is 2.94. The fraction of sp³-hybridized carbons (Fsp3) is 0.118. The van der Waals surface area contributed by atoms with Crippen LogP contribution >= 0.6 is 7.82 Å². The van der Waals surface area contributed by atoms with Crippen molar-refractivity contribution in [3.63, 3.8) is 0 Å². The van der Waals surface area contributed by atoms with Gasteiger partial charge >= 0.3 is 19.8 Å². The van der Waals surface area contributed by atoms with Crippen molar-refractivity contribution < 1.29 is 37.9 Å². The molecule has 0 spiro atoms. The van der Waals surface area contributed by atoms with Crippen LogP contribution < -0.4 is 0 Å². The molecule has 0 saturated carbocycles. The van der Waals surface area contributed by atoms with Gasteiger partial charge in [0.05, 0.1) is 6.61 Å². The molecule has 1 atom stereocenters. The molecule has 200 valence electrons. The summed E-state index contributed by atoms with van der Waals surface area (Å²) in [6.07, 6.45) is 3.47. The van der Waals surface area contributed by atoms with E-state index in [-0.39, 0.29) is 0 Å². The Morgan fingerprint density at radius 3 is 1.37 bits per heavy atom. The number of carbonyl (C=O) groups is 2. The number of phosphoric acid groups is 1. The van der Waals surface area contributed by atoms with E-state index < -0.39 is 39.1 Å². The lowest BCUT2D eigenvalue weighted by Crippen LogP contribution is -2.28. The van der Waals surface area contributed by atoms with E-state index >= 15 is 0 Å². The fourth-order valence-corrected chi connectivity index (χ4v) is 1.90. The molecule has 9 heteroatoms. The Kier molecular flexibility index (Phi) is 21.0. The number of carbonyl (C=O) groups excluding carboxylic acids is 2. The first-order valence-electron chi connectivity index (χ1n) is 10.7. The first kappa shape index (κ1) is 35.9. The number of rotatable bonds is 6. The molecule has 0 unspecified atom stereocenters.